The van der Waals surface area contributed by atoms with Gasteiger partial charge in [-0.3, -0.25) is 9.59 Å². The van der Waals surface area contributed by atoms with Gasteiger partial charge in [0.05, 0.1) is 23.9 Å². The third kappa shape index (κ3) is 5.30. The molecule has 0 radical (unpaired) electrons. The highest BCUT2D eigenvalue weighted by Crippen LogP contribution is 2.55. The first-order chi connectivity index (χ1) is 16.0. The lowest BCUT2D eigenvalue weighted by Gasteiger charge is -2.58. The van der Waals surface area contributed by atoms with Gasteiger partial charge < -0.3 is 25.6 Å². The lowest BCUT2D eigenvalue weighted by molar-refractivity contribution is -0.137. The van der Waals surface area contributed by atoms with Crippen molar-refractivity contribution in [2.45, 2.75) is 77.0 Å². The fourth-order valence-electron chi connectivity index (χ4n) is 6.15. The van der Waals surface area contributed by atoms with Crippen LogP contribution < -0.4 is 15.4 Å². The molecule has 34 heavy (non-hydrogen) atoms. The van der Waals surface area contributed by atoms with Gasteiger partial charge in [-0.2, -0.15) is 5.10 Å². The van der Waals surface area contributed by atoms with Gasteiger partial charge >= 0.3 is 0 Å². The minimum absolute atomic E-state index is 0.0637. The van der Waals surface area contributed by atoms with Crippen LogP contribution in [0.1, 0.15) is 70.2 Å². The van der Waals surface area contributed by atoms with Gasteiger partial charge in [-0.25, -0.2) is 4.68 Å². The number of hydrogen-bond acceptors (Lipinski definition) is 6. The van der Waals surface area contributed by atoms with Gasteiger partial charge in [-0.15, -0.1) is 0 Å². The van der Waals surface area contributed by atoms with Crippen LogP contribution in [-0.2, 0) is 4.79 Å². The largest absolute Gasteiger partial charge is 0.477 e. The maximum atomic E-state index is 13.4. The van der Waals surface area contributed by atoms with Gasteiger partial charge in [0.1, 0.15) is 12.2 Å². The van der Waals surface area contributed by atoms with Crippen molar-refractivity contribution in [1.82, 2.24) is 20.4 Å². The van der Waals surface area contributed by atoms with Crippen LogP contribution in [0.2, 0.25) is 0 Å². The minimum Gasteiger partial charge on any atom is -0.477 e. The van der Waals surface area contributed by atoms with Crippen LogP contribution in [0.25, 0.3) is 6.20 Å². The van der Waals surface area contributed by atoms with E-state index in [4.69, 9.17) is 9.84 Å². The van der Waals surface area contributed by atoms with Crippen LogP contribution in [0.3, 0.4) is 0 Å². The standard InChI is InChI=1S/C25H38N4O5/c1-15(2)14-34-23-19(12-26-29(23)6-5-24(3,4)28-20(31)13-30)22(32)27-21-17-7-16-8-18(21)11-25(33,9-16)10-17/h5-6,12,15-18,21,30,33H,7-11,13-14H2,1-4H3,(H,27,32)(H,28,31)/b6-5+/t16?,17?,18?,21-,25-. The molecule has 4 N–H and O–H groups in total. The number of amides is 2. The van der Waals surface area contributed by atoms with E-state index in [0.717, 1.165) is 32.1 Å². The first kappa shape index (κ1) is 24.7. The second-order valence-corrected chi connectivity index (χ2v) is 11.5. The lowest BCUT2D eigenvalue weighted by atomic mass is 9.52. The number of aliphatic hydroxyl groups excluding tert-OH is 1. The Hall–Kier alpha value is -2.39. The molecule has 9 nitrogen and oxygen atoms in total. The summed E-state index contributed by atoms with van der Waals surface area (Å²) in [5.41, 5.74) is -0.906. The second-order valence-electron chi connectivity index (χ2n) is 11.5. The Kier molecular flexibility index (Phi) is 6.79. The summed E-state index contributed by atoms with van der Waals surface area (Å²) in [5.74, 6) is 1.12. The Labute approximate surface area is 200 Å². The van der Waals surface area contributed by atoms with Gasteiger partial charge in [0.15, 0.2) is 0 Å². The smallest absolute Gasteiger partial charge is 0.258 e. The summed E-state index contributed by atoms with van der Waals surface area (Å²) < 4.78 is 7.51. The SMILES string of the molecule is CC(C)COc1c(C(=O)N[C@H]2C3CC4CC2C[C@](O)(C4)C3)cnn1/C=C/C(C)(C)NC(=O)CO. The Balaban J connectivity index is 1.52. The monoisotopic (exact) mass is 474 g/mol. The average molecular weight is 475 g/mol. The Morgan fingerprint density at radius 1 is 1.29 bits per heavy atom. The van der Waals surface area contributed by atoms with E-state index in [1.807, 2.05) is 13.8 Å². The summed E-state index contributed by atoms with van der Waals surface area (Å²) in [6.07, 6.45) is 9.46. The fraction of sp³-hybridized carbons (Fsp3) is 0.720. The van der Waals surface area contributed by atoms with Gasteiger partial charge in [0, 0.05) is 12.2 Å². The Morgan fingerprint density at radius 3 is 2.56 bits per heavy atom. The zero-order valence-corrected chi connectivity index (χ0v) is 20.6. The fourth-order valence-corrected chi connectivity index (χ4v) is 6.15. The van der Waals surface area contributed by atoms with Gasteiger partial charge in [-0.05, 0) is 75.7 Å². The van der Waals surface area contributed by atoms with Crippen LogP contribution in [-0.4, -0.2) is 62.2 Å². The minimum atomic E-state index is -0.732. The van der Waals surface area contributed by atoms with E-state index in [1.165, 1.54) is 10.9 Å². The molecule has 1 heterocycles. The molecule has 4 aliphatic rings. The highest BCUT2D eigenvalue weighted by molar-refractivity contribution is 5.96. The number of carbonyl (C=O) groups is 2. The molecule has 188 valence electrons. The zero-order valence-electron chi connectivity index (χ0n) is 20.6. The van der Waals surface area contributed by atoms with E-state index in [-0.39, 0.29) is 17.9 Å². The Morgan fingerprint density at radius 2 is 1.97 bits per heavy atom. The zero-order chi connectivity index (χ0) is 24.7. The average Bonchev–Trinajstić information content (AvgIpc) is 3.14. The van der Waals surface area contributed by atoms with Crippen molar-refractivity contribution in [2.24, 2.45) is 23.7 Å². The molecule has 0 aromatic carbocycles. The Bertz CT molecular complexity index is 937. The first-order valence-electron chi connectivity index (χ1n) is 12.3. The number of hydrogen-bond donors (Lipinski definition) is 4. The van der Waals surface area contributed by atoms with Crippen LogP contribution in [0.4, 0.5) is 0 Å². The molecule has 0 spiro atoms. The number of nitrogens with zero attached hydrogens (tertiary/aromatic N) is 2. The van der Waals surface area contributed by atoms with Crippen molar-refractivity contribution in [3.8, 4) is 5.88 Å². The van der Waals surface area contributed by atoms with Gasteiger partial charge in [0.2, 0.25) is 11.8 Å². The van der Waals surface area contributed by atoms with Gasteiger partial charge in [0.25, 0.3) is 5.91 Å². The molecule has 2 atom stereocenters. The van der Waals surface area contributed by atoms with Crippen LogP contribution in [0, 0.1) is 23.7 Å². The van der Waals surface area contributed by atoms with Crippen LogP contribution in [0.5, 0.6) is 5.88 Å². The molecule has 2 unspecified atom stereocenters. The molecule has 4 aliphatic carbocycles. The topological polar surface area (TPSA) is 126 Å². The number of nitrogens with one attached hydrogen (secondary N) is 2. The quantitative estimate of drug-likeness (QED) is 0.433. The number of aromatic nitrogens is 2. The second kappa shape index (κ2) is 9.34. The molecule has 4 fully saturated rings. The molecule has 0 saturated heterocycles. The summed E-state index contributed by atoms with van der Waals surface area (Å²) in [6, 6.07) is 0.0637. The molecular formula is C25H38N4O5. The molecule has 2 amide bonds. The molecule has 4 bridgehead atoms. The molecule has 1 aromatic heterocycles. The van der Waals surface area contributed by atoms with Gasteiger partial charge in [-0.1, -0.05) is 13.8 Å². The van der Waals surface area contributed by atoms with Crippen LogP contribution in [0.15, 0.2) is 12.3 Å². The van der Waals surface area contributed by atoms with Crippen molar-refractivity contribution in [3.05, 3.63) is 17.8 Å². The molecule has 1 aromatic rings. The van der Waals surface area contributed by atoms with E-state index in [0.29, 0.717) is 35.8 Å². The number of aliphatic hydroxyl groups is 2. The van der Waals surface area contributed by atoms with Crippen molar-refractivity contribution >= 4 is 18.0 Å². The lowest BCUT2D eigenvalue weighted by Crippen LogP contribution is -2.61. The maximum absolute atomic E-state index is 13.4. The molecule has 4 saturated carbocycles. The predicted octanol–water partition coefficient (Wildman–Crippen LogP) is 1.95. The molecule has 9 heteroatoms. The molecular weight excluding hydrogens is 436 g/mol. The highest BCUT2D eigenvalue weighted by Gasteiger charge is 2.55. The third-order valence-electron chi connectivity index (χ3n) is 7.32. The summed E-state index contributed by atoms with van der Waals surface area (Å²) >= 11 is 0. The van der Waals surface area contributed by atoms with Crippen LogP contribution >= 0.6 is 0 Å². The summed E-state index contributed by atoms with van der Waals surface area (Å²) in [6.45, 7) is 7.49. The number of rotatable bonds is 9. The maximum Gasteiger partial charge on any atom is 0.258 e. The third-order valence-corrected chi connectivity index (χ3v) is 7.32. The van der Waals surface area contributed by atoms with E-state index in [1.54, 1.807) is 26.1 Å². The normalized spacial score (nSPS) is 30.2. The first-order valence-corrected chi connectivity index (χ1v) is 12.3. The van der Waals surface area contributed by atoms with E-state index >= 15 is 0 Å². The highest BCUT2D eigenvalue weighted by atomic mass is 16.5. The summed E-state index contributed by atoms with van der Waals surface area (Å²) in [7, 11) is 0. The number of carbonyl (C=O) groups excluding carboxylic acids is 2. The summed E-state index contributed by atoms with van der Waals surface area (Å²) in [5, 5.41) is 30.2. The van der Waals surface area contributed by atoms with Crippen molar-refractivity contribution < 1.29 is 24.5 Å². The van der Waals surface area contributed by atoms with Crippen molar-refractivity contribution in [2.75, 3.05) is 13.2 Å². The van der Waals surface area contributed by atoms with E-state index < -0.39 is 23.7 Å². The predicted molar refractivity (Wildman–Crippen MR) is 127 cm³/mol. The molecule has 0 aliphatic heterocycles. The van der Waals surface area contributed by atoms with Crippen molar-refractivity contribution in [1.29, 1.82) is 0 Å². The number of ether oxygens (including phenoxy) is 1. The van der Waals surface area contributed by atoms with E-state index in [9.17, 15) is 14.7 Å². The van der Waals surface area contributed by atoms with Crippen molar-refractivity contribution in [3.63, 3.8) is 0 Å². The molecule has 5 rings (SSSR count). The summed E-state index contributed by atoms with van der Waals surface area (Å²) in [4.78, 5) is 24.9. The van der Waals surface area contributed by atoms with E-state index in [2.05, 4.69) is 15.7 Å².